The fraction of sp³-hybridized carbons (Fsp3) is 0.235. The van der Waals surface area contributed by atoms with Crippen molar-refractivity contribution in [3.8, 4) is 0 Å². The summed E-state index contributed by atoms with van der Waals surface area (Å²) in [4.78, 5) is 29.9. The van der Waals surface area contributed by atoms with Gasteiger partial charge in [0, 0.05) is 22.5 Å². The summed E-state index contributed by atoms with van der Waals surface area (Å²) in [5.41, 5.74) is 3.06. The number of fused-ring (bicyclic) bond motifs is 7. The maximum atomic E-state index is 15.0. The zero-order chi connectivity index (χ0) is 24.9. The van der Waals surface area contributed by atoms with Gasteiger partial charge in [0.2, 0.25) is 0 Å². The summed E-state index contributed by atoms with van der Waals surface area (Å²) in [5, 5.41) is 0. The Labute approximate surface area is 212 Å². The molecule has 0 bridgehead atoms. The second kappa shape index (κ2) is 6.70. The zero-order valence-corrected chi connectivity index (χ0v) is 20.8. The Morgan fingerprint density at radius 1 is 0.583 bits per heavy atom. The second-order valence-electron chi connectivity index (χ2n) is 11.6. The molecule has 0 unspecified atom stereocenters. The van der Waals surface area contributed by atoms with Crippen molar-refractivity contribution < 1.29 is 9.59 Å². The molecule has 0 aromatic heterocycles. The van der Waals surface area contributed by atoms with Crippen LogP contribution >= 0.6 is 0 Å². The minimum absolute atomic E-state index is 0.0606. The van der Waals surface area contributed by atoms with Gasteiger partial charge in [-0.3, -0.25) is 9.59 Å². The lowest BCUT2D eigenvalue weighted by Gasteiger charge is -2.48. The van der Waals surface area contributed by atoms with Gasteiger partial charge in [-0.2, -0.15) is 0 Å². The molecule has 0 radical (unpaired) electrons. The van der Waals surface area contributed by atoms with Crippen molar-refractivity contribution in [3.63, 3.8) is 0 Å². The second-order valence-corrected chi connectivity index (χ2v) is 11.6. The van der Waals surface area contributed by atoms with Crippen molar-refractivity contribution in [2.75, 3.05) is 0 Å². The predicted octanol–water partition coefficient (Wildman–Crippen LogP) is 7.13. The summed E-state index contributed by atoms with van der Waals surface area (Å²) in [6.45, 7) is 6.72. The van der Waals surface area contributed by atoms with Gasteiger partial charge in [0.15, 0.2) is 11.6 Å². The Bertz CT molecular complexity index is 1560. The van der Waals surface area contributed by atoms with Gasteiger partial charge in [-0.15, -0.1) is 0 Å². The van der Waals surface area contributed by atoms with E-state index in [4.69, 9.17) is 0 Å². The van der Waals surface area contributed by atoms with Crippen LogP contribution < -0.4 is 0 Å². The molecule has 0 N–H and O–H groups in total. The highest BCUT2D eigenvalue weighted by atomic mass is 16.1. The maximum Gasteiger partial charge on any atom is 0.175 e. The van der Waals surface area contributed by atoms with E-state index in [0.717, 1.165) is 16.7 Å². The third-order valence-corrected chi connectivity index (χ3v) is 9.34. The van der Waals surface area contributed by atoms with Crippen molar-refractivity contribution in [1.29, 1.82) is 0 Å². The van der Waals surface area contributed by atoms with E-state index in [1.807, 2.05) is 66.7 Å². The van der Waals surface area contributed by atoms with Crippen molar-refractivity contribution >= 4 is 11.6 Å². The molecule has 0 saturated heterocycles. The Morgan fingerprint density at radius 3 is 1.64 bits per heavy atom. The van der Waals surface area contributed by atoms with Crippen LogP contribution in [-0.4, -0.2) is 11.6 Å². The molecule has 4 aromatic rings. The smallest absolute Gasteiger partial charge is 0.175 e. The van der Waals surface area contributed by atoms with E-state index in [1.54, 1.807) is 0 Å². The number of ketones is 2. The molecule has 4 atom stereocenters. The fourth-order valence-corrected chi connectivity index (χ4v) is 8.58. The fourth-order valence-electron chi connectivity index (χ4n) is 8.58. The quantitative estimate of drug-likeness (QED) is 0.299. The number of rotatable bonds is 4. The van der Waals surface area contributed by atoms with E-state index in [-0.39, 0.29) is 22.9 Å². The van der Waals surface area contributed by atoms with Crippen LogP contribution in [0, 0.1) is 10.8 Å². The summed E-state index contributed by atoms with van der Waals surface area (Å²) in [5.74, 6) is -0.0547. The van der Waals surface area contributed by atoms with Crippen molar-refractivity contribution in [2.24, 2.45) is 10.8 Å². The highest BCUT2D eigenvalue weighted by Crippen LogP contribution is 2.94. The van der Waals surface area contributed by atoms with Gasteiger partial charge in [0.25, 0.3) is 0 Å². The first-order valence-corrected chi connectivity index (χ1v) is 12.8. The number of Topliss-reactive ketones (excluding diaryl/α,β-unsaturated/α-hetero) is 2. The zero-order valence-electron chi connectivity index (χ0n) is 20.8. The van der Waals surface area contributed by atoms with Gasteiger partial charge in [0.1, 0.15) is 0 Å². The summed E-state index contributed by atoms with van der Waals surface area (Å²) < 4.78 is 0. The Kier molecular flexibility index (Phi) is 4.00. The number of hydrogen-bond acceptors (Lipinski definition) is 2. The molecule has 0 spiro atoms. The van der Waals surface area contributed by atoms with Crippen LogP contribution in [0.2, 0.25) is 0 Å². The van der Waals surface area contributed by atoms with Crippen LogP contribution in [-0.2, 0) is 10.8 Å². The Balaban J connectivity index is 1.67. The molecule has 2 nitrogen and oxygen atoms in total. The van der Waals surface area contributed by atoms with Crippen LogP contribution in [0.5, 0.6) is 0 Å². The van der Waals surface area contributed by atoms with Gasteiger partial charge in [-0.1, -0.05) is 130 Å². The molecule has 176 valence electrons. The lowest BCUT2D eigenvalue weighted by atomic mass is 9.53. The van der Waals surface area contributed by atoms with Gasteiger partial charge in [-0.25, -0.2) is 0 Å². The minimum Gasteiger partial charge on any atom is -0.293 e. The third kappa shape index (κ3) is 2.01. The van der Waals surface area contributed by atoms with Crippen molar-refractivity contribution in [1.82, 2.24) is 0 Å². The molecule has 3 aliphatic rings. The molecule has 36 heavy (non-hydrogen) atoms. The lowest BCUT2D eigenvalue weighted by molar-refractivity contribution is 0.0651. The average Bonchev–Trinajstić information content (AvgIpc) is 3.37. The summed E-state index contributed by atoms with van der Waals surface area (Å²) in [6.07, 6.45) is 0. The monoisotopic (exact) mass is 468 g/mol. The maximum absolute atomic E-state index is 15.0. The van der Waals surface area contributed by atoms with Crippen LogP contribution in [0.25, 0.3) is 0 Å². The molecular weight excluding hydrogens is 440 g/mol. The molecule has 7 rings (SSSR count). The first kappa shape index (κ1) is 21.5. The topological polar surface area (TPSA) is 34.1 Å². The molecule has 0 amide bonds. The molecule has 1 fully saturated rings. The molecule has 1 saturated carbocycles. The largest absolute Gasteiger partial charge is 0.293 e. The van der Waals surface area contributed by atoms with Crippen LogP contribution in [0.15, 0.2) is 109 Å². The predicted molar refractivity (Wildman–Crippen MR) is 142 cm³/mol. The highest BCUT2D eigenvalue weighted by molar-refractivity contribution is 6.22. The Hall–Kier alpha value is -3.78. The number of benzene rings is 4. The standard InChI is InChI=1S/C34H28O2/c1-31(2,3)33-25-19-11-10-18-24(25)28-32(26-20-12-13-21-27(26)33,29(35)22-14-6-4-7-15-22)34(28,33)30(36)23-16-8-5-9-17-23/h4-21,28H,1-3H3/t28-,32+,33+,34+/m1/s1. The van der Waals surface area contributed by atoms with Gasteiger partial charge in [-0.05, 0) is 27.7 Å². The minimum atomic E-state index is -0.931. The molecular formula is C34H28O2. The number of hydrogen-bond donors (Lipinski definition) is 0. The van der Waals surface area contributed by atoms with Gasteiger partial charge >= 0.3 is 0 Å². The highest BCUT2D eigenvalue weighted by Gasteiger charge is 2.98. The van der Waals surface area contributed by atoms with Gasteiger partial charge < -0.3 is 0 Å². The molecule has 0 aliphatic heterocycles. The van der Waals surface area contributed by atoms with E-state index >= 15 is 4.79 Å². The van der Waals surface area contributed by atoms with E-state index < -0.39 is 16.2 Å². The molecule has 3 aliphatic carbocycles. The van der Waals surface area contributed by atoms with E-state index in [1.165, 1.54) is 5.56 Å². The Morgan fingerprint density at radius 2 is 1.06 bits per heavy atom. The van der Waals surface area contributed by atoms with Crippen molar-refractivity contribution in [3.05, 3.63) is 143 Å². The lowest BCUT2D eigenvalue weighted by Crippen LogP contribution is -2.51. The normalized spacial score (nSPS) is 28.7. The van der Waals surface area contributed by atoms with E-state index in [0.29, 0.717) is 11.1 Å². The molecule has 0 heterocycles. The summed E-state index contributed by atoms with van der Waals surface area (Å²) in [7, 11) is 0. The van der Waals surface area contributed by atoms with Gasteiger partial charge in [0.05, 0.1) is 10.8 Å². The third-order valence-electron chi connectivity index (χ3n) is 9.34. The number of carbonyl (C=O) groups is 2. The number of carbonyl (C=O) groups excluding carboxylic acids is 2. The molecule has 2 heteroatoms. The van der Waals surface area contributed by atoms with E-state index in [9.17, 15) is 4.79 Å². The van der Waals surface area contributed by atoms with Crippen molar-refractivity contribution in [2.45, 2.75) is 37.5 Å². The first-order chi connectivity index (χ1) is 17.4. The summed E-state index contributed by atoms with van der Waals surface area (Å²) >= 11 is 0. The first-order valence-electron chi connectivity index (χ1n) is 12.8. The average molecular weight is 469 g/mol. The molecule has 4 aromatic carbocycles. The van der Waals surface area contributed by atoms with Crippen LogP contribution in [0.4, 0.5) is 0 Å². The van der Waals surface area contributed by atoms with Crippen LogP contribution in [0.1, 0.15) is 69.7 Å². The summed E-state index contributed by atoms with van der Waals surface area (Å²) in [6, 6.07) is 36.1. The SMILES string of the molecule is CC(C)(C)[C@@]12c3ccccc3[C@H]3[C@]1(C(=O)c1ccccc1)[C@@]3(C(=O)c1ccccc1)c1ccccc12. The van der Waals surface area contributed by atoms with E-state index in [2.05, 4.69) is 63.2 Å². The van der Waals surface area contributed by atoms with Crippen LogP contribution in [0.3, 0.4) is 0 Å².